The third-order valence-corrected chi connectivity index (χ3v) is 3.31. The number of nitrogens with zero attached hydrogens (tertiary/aromatic N) is 1. The summed E-state index contributed by atoms with van der Waals surface area (Å²) in [4.78, 5) is 12.7. The molecule has 1 fully saturated rings. The van der Waals surface area contributed by atoms with Gasteiger partial charge in [-0.3, -0.25) is 4.90 Å². The smallest absolute Gasteiger partial charge is 0.319 e. The lowest BCUT2D eigenvalue weighted by molar-refractivity contribution is 0.255. The van der Waals surface area contributed by atoms with Crippen LogP contribution in [-0.2, 0) is 6.42 Å². The molecule has 3 N–H and O–H groups in total. The first-order valence-electron chi connectivity index (χ1n) is 6.03. The Morgan fingerprint density at radius 1 is 1.53 bits per heavy atom. The molecule has 0 saturated carbocycles. The molecule has 1 aromatic rings. The van der Waals surface area contributed by atoms with Gasteiger partial charge in [0.2, 0.25) is 0 Å². The zero-order valence-corrected chi connectivity index (χ0v) is 10.1. The van der Waals surface area contributed by atoms with Gasteiger partial charge in [0.1, 0.15) is 0 Å². The van der Waals surface area contributed by atoms with Gasteiger partial charge in [0, 0.05) is 18.8 Å². The van der Waals surface area contributed by atoms with Crippen molar-refractivity contribution in [3.05, 3.63) is 29.8 Å². The summed E-state index contributed by atoms with van der Waals surface area (Å²) in [5, 5.41) is 3.47. The Balaban J connectivity index is 2.17. The van der Waals surface area contributed by atoms with Crippen LogP contribution in [0.15, 0.2) is 24.3 Å². The quantitative estimate of drug-likeness (QED) is 0.831. The minimum absolute atomic E-state index is 0.420. The van der Waals surface area contributed by atoms with Gasteiger partial charge in [0.25, 0.3) is 0 Å². The Bertz CT molecular complexity index is 399. The second-order valence-electron chi connectivity index (χ2n) is 4.52. The zero-order chi connectivity index (χ0) is 12.3. The van der Waals surface area contributed by atoms with Crippen LogP contribution < -0.4 is 16.0 Å². The van der Waals surface area contributed by atoms with E-state index in [9.17, 15) is 4.79 Å². The third kappa shape index (κ3) is 2.77. The van der Waals surface area contributed by atoms with E-state index in [0.29, 0.717) is 6.04 Å². The van der Waals surface area contributed by atoms with E-state index in [-0.39, 0.29) is 0 Å². The number of rotatable bonds is 3. The van der Waals surface area contributed by atoms with Crippen molar-refractivity contribution in [2.45, 2.75) is 25.3 Å². The van der Waals surface area contributed by atoms with E-state index in [1.165, 1.54) is 23.3 Å². The highest BCUT2D eigenvalue weighted by molar-refractivity contribution is 5.90. The number of benzene rings is 1. The van der Waals surface area contributed by atoms with Crippen molar-refractivity contribution in [1.29, 1.82) is 0 Å². The van der Waals surface area contributed by atoms with Crippen molar-refractivity contribution < 1.29 is 4.79 Å². The number of nitrogens with one attached hydrogen (secondary N) is 1. The number of nitrogens with two attached hydrogens (primary N) is 1. The molecule has 0 radical (unpaired) electrons. The Hall–Kier alpha value is -1.55. The number of hydrogen-bond acceptors (Lipinski definition) is 2. The molecule has 92 valence electrons. The van der Waals surface area contributed by atoms with Gasteiger partial charge < -0.3 is 11.1 Å². The summed E-state index contributed by atoms with van der Waals surface area (Å²) in [6.07, 6.45) is 3.39. The van der Waals surface area contributed by atoms with E-state index < -0.39 is 6.03 Å². The molecular formula is C13H19N3O. The van der Waals surface area contributed by atoms with Crippen molar-refractivity contribution in [3.8, 4) is 0 Å². The molecular weight excluding hydrogens is 214 g/mol. The summed E-state index contributed by atoms with van der Waals surface area (Å²) in [6, 6.07) is 8.04. The normalized spacial score (nSPS) is 19.2. The van der Waals surface area contributed by atoms with Gasteiger partial charge in [0.15, 0.2) is 0 Å². The first-order chi connectivity index (χ1) is 8.18. The second kappa shape index (κ2) is 5.19. The lowest BCUT2D eigenvalue weighted by Gasteiger charge is -2.20. The molecule has 1 heterocycles. The number of carbonyl (C=O) groups excluding carboxylic acids is 1. The van der Waals surface area contributed by atoms with Gasteiger partial charge in [-0.2, -0.15) is 0 Å². The molecule has 17 heavy (non-hydrogen) atoms. The van der Waals surface area contributed by atoms with E-state index >= 15 is 0 Å². The molecule has 0 aromatic heterocycles. The maximum absolute atomic E-state index is 11.2. The monoisotopic (exact) mass is 233 g/mol. The largest absolute Gasteiger partial charge is 0.351 e. The predicted molar refractivity (Wildman–Crippen MR) is 69.2 cm³/mol. The summed E-state index contributed by atoms with van der Waals surface area (Å²) in [6.45, 7) is 1.10. The van der Waals surface area contributed by atoms with Gasteiger partial charge in [-0.25, -0.2) is 4.79 Å². The summed E-state index contributed by atoms with van der Waals surface area (Å²) in [7, 11) is 1.71. The zero-order valence-electron chi connectivity index (χ0n) is 10.1. The molecule has 2 amide bonds. The molecule has 1 aliphatic heterocycles. The average Bonchev–Trinajstić information content (AvgIpc) is 2.81. The topological polar surface area (TPSA) is 58.4 Å². The van der Waals surface area contributed by atoms with E-state index in [2.05, 4.69) is 11.4 Å². The van der Waals surface area contributed by atoms with E-state index in [0.717, 1.165) is 18.7 Å². The fraction of sp³-hybridized carbons (Fsp3) is 0.462. The Kier molecular flexibility index (Phi) is 3.64. The number of carbonyl (C=O) groups is 1. The molecule has 4 nitrogen and oxygen atoms in total. The second-order valence-corrected chi connectivity index (χ2v) is 4.52. The summed E-state index contributed by atoms with van der Waals surface area (Å²) >= 11 is 0. The predicted octanol–water partition coefficient (Wildman–Crippen LogP) is 1.50. The van der Waals surface area contributed by atoms with Crippen LogP contribution in [0.1, 0.15) is 18.4 Å². The van der Waals surface area contributed by atoms with Crippen molar-refractivity contribution in [3.63, 3.8) is 0 Å². The highest BCUT2D eigenvalue weighted by Crippen LogP contribution is 2.22. The number of para-hydroxylation sites is 1. The molecule has 1 aliphatic rings. The number of urea groups is 1. The van der Waals surface area contributed by atoms with Gasteiger partial charge >= 0.3 is 6.03 Å². The number of primary amides is 1. The minimum atomic E-state index is -0.420. The lowest BCUT2D eigenvalue weighted by atomic mass is 10.0. The van der Waals surface area contributed by atoms with Crippen LogP contribution in [0.25, 0.3) is 0 Å². The first-order valence-corrected chi connectivity index (χ1v) is 6.03. The molecule has 0 bridgehead atoms. The van der Waals surface area contributed by atoms with Crippen LogP contribution in [0.3, 0.4) is 0 Å². The molecule has 1 saturated heterocycles. The maximum Gasteiger partial charge on any atom is 0.319 e. The fourth-order valence-electron chi connectivity index (χ4n) is 2.33. The summed E-state index contributed by atoms with van der Waals surface area (Å²) in [5.74, 6) is 0. The van der Waals surface area contributed by atoms with Crippen LogP contribution in [0, 0.1) is 0 Å². The molecule has 4 heteroatoms. The van der Waals surface area contributed by atoms with Gasteiger partial charge in [-0.1, -0.05) is 18.2 Å². The van der Waals surface area contributed by atoms with Crippen LogP contribution >= 0.6 is 0 Å². The van der Waals surface area contributed by atoms with Crippen LogP contribution in [0.2, 0.25) is 0 Å². The van der Waals surface area contributed by atoms with Crippen LogP contribution in [0.5, 0.6) is 0 Å². The summed E-state index contributed by atoms with van der Waals surface area (Å²) in [5.41, 5.74) is 7.40. The molecule has 0 spiro atoms. The van der Waals surface area contributed by atoms with Crippen molar-refractivity contribution in [2.75, 3.05) is 18.5 Å². The Morgan fingerprint density at radius 2 is 2.29 bits per heavy atom. The third-order valence-electron chi connectivity index (χ3n) is 3.31. The molecule has 1 unspecified atom stereocenters. The van der Waals surface area contributed by atoms with Crippen LogP contribution in [-0.4, -0.2) is 25.7 Å². The van der Waals surface area contributed by atoms with Crippen molar-refractivity contribution in [2.24, 2.45) is 5.73 Å². The number of amides is 2. The molecule has 0 aliphatic carbocycles. The minimum Gasteiger partial charge on any atom is -0.351 e. The standard InChI is InChI=1S/C13H19N3O/c1-16(13(14)17)12-7-3-2-5-10(12)9-11-6-4-8-15-11/h2-3,5,7,11,15H,4,6,8-9H2,1H3,(H2,14,17). The molecule has 1 atom stereocenters. The SMILES string of the molecule is CN(C(N)=O)c1ccccc1CC1CCCN1. The Labute approximate surface area is 102 Å². The summed E-state index contributed by atoms with van der Waals surface area (Å²) < 4.78 is 0. The number of hydrogen-bond donors (Lipinski definition) is 2. The first kappa shape index (κ1) is 11.9. The van der Waals surface area contributed by atoms with Gasteiger partial charge in [0.05, 0.1) is 0 Å². The van der Waals surface area contributed by atoms with E-state index in [1.807, 2.05) is 18.2 Å². The van der Waals surface area contributed by atoms with Gasteiger partial charge in [-0.05, 0) is 37.4 Å². The van der Waals surface area contributed by atoms with Crippen molar-refractivity contribution >= 4 is 11.7 Å². The highest BCUT2D eigenvalue weighted by Gasteiger charge is 2.18. The highest BCUT2D eigenvalue weighted by atomic mass is 16.2. The molecule has 1 aromatic carbocycles. The number of anilines is 1. The molecule has 2 rings (SSSR count). The van der Waals surface area contributed by atoms with Crippen molar-refractivity contribution in [1.82, 2.24) is 5.32 Å². The van der Waals surface area contributed by atoms with Crippen LogP contribution in [0.4, 0.5) is 10.5 Å². The average molecular weight is 233 g/mol. The fourth-order valence-corrected chi connectivity index (χ4v) is 2.33. The van der Waals surface area contributed by atoms with E-state index in [4.69, 9.17) is 5.73 Å². The van der Waals surface area contributed by atoms with Gasteiger partial charge in [-0.15, -0.1) is 0 Å². The van der Waals surface area contributed by atoms with E-state index in [1.54, 1.807) is 7.05 Å². The Morgan fingerprint density at radius 3 is 2.94 bits per heavy atom. The maximum atomic E-state index is 11.2. The lowest BCUT2D eigenvalue weighted by Crippen LogP contribution is -2.33.